The van der Waals surface area contributed by atoms with Gasteiger partial charge in [-0.2, -0.15) is 9.47 Å². The van der Waals surface area contributed by atoms with Crippen LogP contribution in [0.4, 0.5) is 0 Å². The predicted octanol–water partition coefficient (Wildman–Crippen LogP) is 2.58. The molecule has 1 aromatic carbocycles. The summed E-state index contributed by atoms with van der Waals surface area (Å²) in [6, 6.07) is 11.4. The SMILES string of the molecule is O=C(Cc1nsc2ccccc12)N/N=C/c1ccco1. The van der Waals surface area contributed by atoms with Gasteiger partial charge in [0.15, 0.2) is 0 Å². The van der Waals surface area contributed by atoms with Crippen LogP contribution in [-0.2, 0) is 11.2 Å². The first kappa shape index (κ1) is 12.6. The van der Waals surface area contributed by atoms with E-state index < -0.39 is 0 Å². The fourth-order valence-electron chi connectivity index (χ4n) is 1.79. The van der Waals surface area contributed by atoms with Crippen molar-refractivity contribution in [2.45, 2.75) is 6.42 Å². The quantitative estimate of drug-likeness (QED) is 0.592. The highest BCUT2D eigenvalue weighted by molar-refractivity contribution is 7.13. The zero-order valence-corrected chi connectivity index (χ0v) is 11.3. The topological polar surface area (TPSA) is 67.5 Å². The molecule has 0 saturated heterocycles. The van der Waals surface area contributed by atoms with Gasteiger partial charge in [0.2, 0.25) is 5.91 Å². The lowest BCUT2D eigenvalue weighted by atomic mass is 10.2. The van der Waals surface area contributed by atoms with Gasteiger partial charge in [-0.15, -0.1) is 0 Å². The number of carbonyl (C=O) groups excluding carboxylic acids is 1. The molecule has 2 heterocycles. The third-order valence-electron chi connectivity index (χ3n) is 2.70. The van der Waals surface area contributed by atoms with Crippen molar-refractivity contribution in [2.24, 2.45) is 5.10 Å². The minimum atomic E-state index is -0.205. The van der Waals surface area contributed by atoms with Gasteiger partial charge in [-0.25, -0.2) is 5.43 Å². The maximum atomic E-state index is 11.8. The third-order valence-corrected chi connectivity index (χ3v) is 3.57. The second kappa shape index (κ2) is 5.66. The number of aromatic nitrogens is 1. The van der Waals surface area contributed by atoms with Crippen LogP contribution in [0.25, 0.3) is 10.1 Å². The molecule has 2 aromatic heterocycles. The van der Waals surface area contributed by atoms with E-state index >= 15 is 0 Å². The second-order valence-corrected chi connectivity index (χ2v) is 4.92. The van der Waals surface area contributed by atoms with Gasteiger partial charge in [-0.3, -0.25) is 4.79 Å². The number of nitrogens with one attached hydrogen (secondary N) is 1. The van der Waals surface area contributed by atoms with Crippen LogP contribution in [0.3, 0.4) is 0 Å². The van der Waals surface area contributed by atoms with Crippen molar-refractivity contribution in [1.82, 2.24) is 9.80 Å². The van der Waals surface area contributed by atoms with E-state index in [4.69, 9.17) is 4.42 Å². The maximum absolute atomic E-state index is 11.8. The number of nitrogens with zero attached hydrogens (tertiary/aromatic N) is 2. The molecular weight excluding hydrogens is 274 g/mol. The van der Waals surface area contributed by atoms with Gasteiger partial charge in [0.05, 0.1) is 29.3 Å². The Kier molecular flexibility index (Phi) is 3.56. The van der Waals surface area contributed by atoms with Crippen LogP contribution in [0.5, 0.6) is 0 Å². The highest BCUT2D eigenvalue weighted by Gasteiger charge is 2.09. The number of rotatable bonds is 4. The van der Waals surface area contributed by atoms with Gasteiger partial charge in [0.1, 0.15) is 5.76 Å². The molecule has 0 aliphatic carbocycles. The lowest BCUT2D eigenvalue weighted by molar-refractivity contribution is -0.120. The number of hydrogen-bond donors (Lipinski definition) is 1. The molecule has 0 saturated carbocycles. The second-order valence-electron chi connectivity index (χ2n) is 4.11. The number of hydrogen-bond acceptors (Lipinski definition) is 5. The first-order valence-corrected chi connectivity index (χ1v) is 6.79. The van der Waals surface area contributed by atoms with Crippen molar-refractivity contribution >= 4 is 33.7 Å². The van der Waals surface area contributed by atoms with E-state index in [9.17, 15) is 4.79 Å². The molecular formula is C14H11N3O2S. The molecule has 0 atom stereocenters. The van der Waals surface area contributed by atoms with E-state index in [1.165, 1.54) is 17.7 Å². The Morgan fingerprint density at radius 1 is 1.35 bits per heavy atom. The van der Waals surface area contributed by atoms with Gasteiger partial charge in [0.25, 0.3) is 0 Å². The normalized spacial score (nSPS) is 11.2. The van der Waals surface area contributed by atoms with Crippen molar-refractivity contribution < 1.29 is 9.21 Å². The number of amides is 1. The lowest BCUT2D eigenvalue weighted by Gasteiger charge is -1.97. The van der Waals surface area contributed by atoms with E-state index in [0.717, 1.165) is 15.8 Å². The van der Waals surface area contributed by atoms with E-state index in [2.05, 4.69) is 14.9 Å². The van der Waals surface area contributed by atoms with Crippen LogP contribution in [0, 0.1) is 0 Å². The number of hydrazone groups is 1. The molecule has 5 nitrogen and oxygen atoms in total. The molecule has 1 amide bonds. The molecule has 20 heavy (non-hydrogen) atoms. The number of furan rings is 1. The lowest BCUT2D eigenvalue weighted by Crippen LogP contribution is -2.19. The van der Waals surface area contributed by atoms with Gasteiger partial charge >= 0.3 is 0 Å². The van der Waals surface area contributed by atoms with E-state index in [-0.39, 0.29) is 12.3 Å². The average molecular weight is 285 g/mol. The van der Waals surface area contributed by atoms with Crippen molar-refractivity contribution in [2.75, 3.05) is 0 Å². The number of carbonyl (C=O) groups is 1. The Morgan fingerprint density at radius 3 is 3.10 bits per heavy atom. The van der Waals surface area contributed by atoms with Gasteiger partial charge in [0, 0.05) is 5.39 Å². The monoisotopic (exact) mass is 285 g/mol. The molecule has 0 aliphatic heterocycles. The Labute approximate surface area is 119 Å². The third kappa shape index (κ3) is 2.75. The van der Waals surface area contributed by atoms with Gasteiger partial charge < -0.3 is 4.42 Å². The summed E-state index contributed by atoms with van der Waals surface area (Å²) in [4.78, 5) is 11.8. The zero-order valence-electron chi connectivity index (χ0n) is 10.4. The number of benzene rings is 1. The Morgan fingerprint density at radius 2 is 2.25 bits per heavy atom. The fourth-order valence-corrected chi connectivity index (χ4v) is 2.58. The minimum Gasteiger partial charge on any atom is -0.463 e. The molecule has 3 aromatic rings. The first-order valence-electron chi connectivity index (χ1n) is 6.01. The zero-order chi connectivity index (χ0) is 13.8. The van der Waals surface area contributed by atoms with Crippen molar-refractivity contribution in [1.29, 1.82) is 0 Å². The highest BCUT2D eigenvalue weighted by Crippen LogP contribution is 2.22. The summed E-state index contributed by atoms with van der Waals surface area (Å²) in [5.74, 6) is 0.383. The Hall–Kier alpha value is -2.47. The van der Waals surface area contributed by atoms with Crippen LogP contribution in [-0.4, -0.2) is 16.5 Å². The molecule has 100 valence electrons. The summed E-state index contributed by atoms with van der Waals surface area (Å²) in [7, 11) is 0. The molecule has 0 unspecified atom stereocenters. The smallest absolute Gasteiger partial charge is 0.246 e. The summed E-state index contributed by atoms with van der Waals surface area (Å²) in [5, 5.41) is 4.85. The summed E-state index contributed by atoms with van der Waals surface area (Å²) in [6.45, 7) is 0. The molecule has 1 N–H and O–H groups in total. The highest BCUT2D eigenvalue weighted by atomic mass is 32.1. The average Bonchev–Trinajstić information content (AvgIpc) is 3.09. The van der Waals surface area contributed by atoms with Gasteiger partial charge in [-0.05, 0) is 29.7 Å². The molecule has 3 rings (SSSR count). The largest absolute Gasteiger partial charge is 0.463 e. The molecule has 0 spiro atoms. The predicted molar refractivity (Wildman–Crippen MR) is 77.8 cm³/mol. The van der Waals surface area contributed by atoms with E-state index in [1.807, 2.05) is 24.3 Å². The van der Waals surface area contributed by atoms with Crippen LogP contribution in [0.1, 0.15) is 11.5 Å². The summed E-state index contributed by atoms with van der Waals surface area (Å²) in [5.41, 5.74) is 3.23. The molecule has 0 aliphatic rings. The summed E-state index contributed by atoms with van der Waals surface area (Å²) < 4.78 is 10.4. The van der Waals surface area contributed by atoms with Crippen molar-refractivity contribution in [3.8, 4) is 0 Å². The maximum Gasteiger partial charge on any atom is 0.246 e. The molecule has 0 radical (unpaired) electrons. The van der Waals surface area contributed by atoms with Crippen molar-refractivity contribution in [3.05, 3.63) is 54.1 Å². The molecule has 6 heteroatoms. The summed E-state index contributed by atoms with van der Waals surface area (Å²) >= 11 is 1.39. The molecule has 0 fully saturated rings. The van der Waals surface area contributed by atoms with E-state index in [0.29, 0.717) is 5.76 Å². The van der Waals surface area contributed by atoms with E-state index in [1.54, 1.807) is 18.4 Å². The standard InChI is InChI=1S/C14H11N3O2S/c18-14(16-15-9-10-4-3-7-19-10)8-12-11-5-1-2-6-13(11)20-17-12/h1-7,9H,8H2,(H,16,18)/b15-9+. The van der Waals surface area contributed by atoms with Crippen molar-refractivity contribution in [3.63, 3.8) is 0 Å². The Balaban J connectivity index is 1.64. The fraction of sp³-hybridized carbons (Fsp3) is 0.0714. The van der Waals surface area contributed by atoms with Crippen LogP contribution in [0.2, 0.25) is 0 Å². The van der Waals surface area contributed by atoms with Crippen LogP contribution in [0.15, 0.2) is 52.2 Å². The van der Waals surface area contributed by atoms with Crippen LogP contribution < -0.4 is 5.43 Å². The summed E-state index contributed by atoms with van der Waals surface area (Å²) in [6.07, 6.45) is 3.21. The first-order chi connectivity index (χ1) is 9.83. The number of fused-ring (bicyclic) bond motifs is 1. The Bertz CT molecular complexity index is 747. The molecule has 0 bridgehead atoms. The minimum absolute atomic E-state index is 0.205. The van der Waals surface area contributed by atoms with Gasteiger partial charge in [-0.1, -0.05) is 18.2 Å². The van der Waals surface area contributed by atoms with Crippen LogP contribution >= 0.6 is 11.5 Å².